The Balaban J connectivity index is 0.00000400. The maximum Gasteiger partial charge on any atom is 0.224 e. The van der Waals surface area contributed by atoms with Crippen LogP contribution in [0.3, 0.4) is 0 Å². The maximum atomic E-state index is 12.4. The van der Waals surface area contributed by atoms with Crippen molar-refractivity contribution in [2.24, 2.45) is 5.73 Å². The standard InChI is InChI=1S/C17H28N2O.ClH/c1-4-5-9-12-19(14(2)3)17(20)13-16(18)15-10-7-6-8-11-15;/h6-8,10-11,14,16H,4-5,9,12-13,18H2,1-3H3;1H. The van der Waals surface area contributed by atoms with E-state index in [0.717, 1.165) is 18.5 Å². The molecule has 0 fully saturated rings. The first-order valence-electron chi connectivity index (χ1n) is 7.66. The molecule has 0 spiro atoms. The molecule has 120 valence electrons. The van der Waals surface area contributed by atoms with Crippen LogP contribution >= 0.6 is 12.4 Å². The highest BCUT2D eigenvalue weighted by molar-refractivity contribution is 5.85. The van der Waals surface area contributed by atoms with E-state index in [0.29, 0.717) is 6.42 Å². The van der Waals surface area contributed by atoms with Crippen molar-refractivity contribution >= 4 is 18.3 Å². The number of carbonyl (C=O) groups is 1. The van der Waals surface area contributed by atoms with Crippen LogP contribution in [0.5, 0.6) is 0 Å². The molecule has 3 nitrogen and oxygen atoms in total. The highest BCUT2D eigenvalue weighted by Gasteiger charge is 2.19. The van der Waals surface area contributed by atoms with Gasteiger partial charge in [0.15, 0.2) is 0 Å². The normalized spacial score (nSPS) is 11.9. The van der Waals surface area contributed by atoms with Crippen LogP contribution < -0.4 is 5.73 Å². The zero-order valence-corrected chi connectivity index (χ0v) is 14.2. The Morgan fingerprint density at radius 2 is 1.81 bits per heavy atom. The Kier molecular flexibility index (Phi) is 10.1. The molecular weight excluding hydrogens is 284 g/mol. The monoisotopic (exact) mass is 312 g/mol. The Labute approximate surface area is 135 Å². The van der Waals surface area contributed by atoms with Crippen molar-refractivity contribution in [3.05, 3.63) is 35.9 Å². The van der Waals surface area contributed by atoms with E-state index in [1.165, 1.54) is 12.8 Å². The molecule has 0 bridgehead atoms. The highest BCUT2D eigenvalue weighted by atomic mass is 35.5. The number of benzene rings is 1. The van der Waals surface area contributed by atoms with E-state index in [1.54, 1.807) is 0 Å². The van der Waals surface area contributed by atoms with Crippen LogP contribution in [-0.2, 0) is 4.79 Å². The number of halogens is 1. The fourth-order valence-electron chi connectivity index (χ4n) is 2.33. The summed E-state index contributed by atoms with van der Waals surface area (Å²) in [4.78, 5) is 14.4. The molecule has 21 heavy (non-hydrogen) atoms. The second-order valence-electron chi connectivity index (χ2n) is 5.61. The van der Waals surface area contributed by atoms with Gasteiger partial charge in [-0.15, -0.1) is 12.4 Å². The lowest BCUT2D eigenvalue weighted by atomic mass is 10.0. The van der Waals surface area contributed by atoms with Crippen LogP contribution in [0.2, 0.25) is 0 Å². The molecular formula is C17H29ClN2O. The number of nitrogens with zero attached hydrogens (tertiary/aromatic N) is 1. The minimum atomic E-state index is -0.212. The largest absolute Gasteiger partial charge is 0.340 e. The third-order valence-corrected chi connectivity index (χ3v) is 3.57. The molecule has 0 aliphatic carbocycles. The minimum absolute atomic E-state index is 0. The van der Waals surface area contributed by atoms with Gasteiger partial charge in [0.05, 0.1) is 0 Å². The molecule has 1 amide bonds. The van der Waals surface area contributed by atoms with Crippen molar-refractivity contribution < 1.29 is 4.79 Å². The van der Waals surface area contributed by atoms with Crippen LogP contribution in [0.15, 0.2) is 30.3 Å². The van der Waals surface area contributed by atoms with E-state index < -0.39 is 0 Å². The molecule has 0 aliphatic heterocycles. The molecule has 1 atom stereocenters. The van der Waals surface area contributed by atoms with Gasteiger partial charge in [0.2, 0.25) is 5.91 Å². The first-order valence-corrected chi connectivity index (χ1v) is 7.66. The molecule has 0 aromatic heterocycles. The van der Waals surface area contributed by atoms with Gasteiger partial charge in [-0.2, -0.15) is 0 Å². The molecule has 1 aromatic rings. The van der Waals surface area contributed by atoms with Crippen LogP contribution in [0.1, 0.15) is 58.1 Å². The Bertz CT molecular complexity index is 395. The second kappa shape index (κ2) is 10.6. The Hall–Kier alpha value is -1.06. The molecule has 0 saturated carbocycles. The van der Waals surface area contributed by atoms with Crippen molar-refractivity contribution in [3.8, 4) is 0 Å². The Morgan fingerprint density at radius 1 is 1.19 bits per heavy atom. The number of rotatable bonds is 8. The predicted octanol–water partition coefficient (Wildman–Crippen LogP) is 3.93. The van der Waals surface area contributed by atoms with Crippen molar-refractivity contribution in [1.29, 1.82) is 0 Å². The lowest BCUT2D eigenvalue weighted by Crippen LogP contribution is -2.39. The molecule has 1 rings (SSSR count). The minimum Gasteiger partial charge on any atom is -0.340 e. The SMILES string of the molecule is CCCCCN(C(=O)CC(N)c1ccccc1)C(C)C.Cl. The molecule has 0 saturated heterocycles. The molecule has 2 N–H and O–H groups in total. The van der Waals surface area contributed by atoms with Crippen molar-refractivity contribution in [2.75, 3.05) is 6.54 Å². The molecule has 4 heteroatoms. The van der Waals surface area contributed by atoms with Gasteiger partial charge in [0.1, 0.15) is 0 Å². The van der Waals surface area contributed by atoms with Crippen molar-refractivity contribution in [3.63, 3.8) is 0 Å². The number of unbranched alkanes of at least 4 members (excludes halogenated alkanes) is 2. The van der Waals surface area contributed by atoms with Gasteiger partial charge >= 0.3 is 0 Å². The summed E-state index contributed by atoms with van der Waals surface area (Å²) in [5.74, 6) is 0.160. The number of hydrogen-bond donors (Lipinski definition) is 1. The number of amides is 1. The smallest absolute Gasteiger partial charge is 0.224 e. The summed E-state index contributed by atoms with van der Waals surface area (Å²) >= 11 is 0. The van der Waals surface area contributed by atoms with E-state index in [4.69, 9.17) is 5.73 Å². The molecule has 1 aromatic carbocycles. The molecule has 1 unspecified atom stereocenters. The number of nitrogens with two attached hydrogens (primary N) is 1. The summed E-state index contributed by atoms with van der Waals surface area (Å²) in [6.45, 7) is 7.15. The third kappa shape index (κ3) is 6.96. The quantitative estimate of drug-likeness (QED) is 0.739. The third-order valence-electron chi connectivity index (χ3n) is 3.57. The zero-order chi connectivity index (χ0) is 15.0. The van der Waals surface area contributed by atoms with Gasteiger partial charge in [0, 0.05) is 25.0 Å². The topological polar surface area (TPSA) is 46.3 Å². The van der Waals surface area contributed by atoms with E-state index in [-0.39, 0.29) is 30.4 Å². The summed E-state index contributed by atoms with van der Waals surface area (Å²) in [6, 6.07) is 9.87. The van der Waals surface area contributed by atoms with Gasteiger partial charge < -0.3 is 10.6 Å². The number of carbonyl (C=O) groups excluding carboxylic acids is 1. The van der Waals surface area contributed by atoms with Gasteiger partial charge in [-0.25, -0.2) is 0 Å². The summed E-state index contributed by atoms with van der Waals surface area (Å²) < 4.78 is 0. The first kappa shape index (κ1) is 19.9. The summed E-state index contributed by atoms with van der Waals surface area (Å²) in [5, 5.41) is 0. The van der Waals surface area contributed by atoms with E-state index >= 15 is 0 Å². The summed E-state index contributed by atoms with van der Waals surface area (Å²) in [6.07, 6.45) is 3.79. The first-order chi connectivity index (χ1) is 9.56. The maximum absolute atomic E-state index is 12.4. The highest BCUT2D eigenvalue weighted by Crippen LogP contribution is 2.16. The van der Waals surface area contributed by atoms with Crippen LogP contribution in [0, 0.1) is 0 Å². The van der Waals surface area contributed by atoms with Crippen LogP contribution in [0.25, 0.3) is 0 Å². The summed E-state index contributed by atoms with van der Waals surface area (Å²) in [5.41, 5.74) is 7.17. The predicted molar refractivity (Wildman–Crippen MR) is 91.6 cm³/mol. The van der Waals surface area contributed by atoms with Crippen molar-refractivity contribution in [1.82, 2.24) is 4.90 Å². The van der Waals surface area contributed by atoms with Gasteiger partial charge in [0.25, 0.3) is 0 Å². The second-order valence-corrected chi connectivity index (χ2v) is 5.61. The number of hydrogen-bond acceptors (Lipinski definition) is 2. The fourth-order valence-corrected chi connectivity index (χ4v) is 2.33. The summed E-state index contributed by atoms with van der Waals surface area (Å²) in [7, 11) is 0. The van der Waals surface area contributed by atoms with E-state index in [1.807, 2.05) is 35.2 Å². The van der Waals surface area contributed by atoms with Gasteiger partial charge in [-0.1, -0.05) is 50.1 Å². The molecule has 0 radical (unpaired) electrons. The van der Waals surface area contributed by atoms with Gasteiger partial charge in [-0.05, 0) is 25.8 Å². The average Bonchev–Trinajstić information content (AvgIpc) is 2.44. The zero-order valence-electron chi connectivity index (χ0n) is 13.4. The van der Waals surface area contributed by atoms with E-state index in [9.17, 15) is 4.79 Å². The van der Waals surface area contributed by atoms with Gasteiger partial charge in [-0.3, -0.25) is 4.79 Å². The van der Waals surface area contributed by atoms with Crippen LogP contribution in [0.4, 0.5) is 0 Å². The molecule has 0 aliphatic rings. The molecule has 0 heterocycles. The average molecular weight is 313 g/mol. The Morgan fingerprint density at radius 3 is 2.33 bits per heavy atom. The van der Waals surface area contributed by atoms with E-state index in [2.05, 4.69) is 20.8 Å². The fraction of sp³-hybridized carbons (Fsp3) is 0.588. The van der Waals surface area contributed by atoms with Crippen LogP contribution in [-0.4, -0.2) is 23.4 Å². The lowest BCUT2D eigenvalue weighted by Gasteiger charge is -2.28. The van der Waals surface area contributed by atoms with Crippen molar-refractivity contribution in [2.45, 2.75) is 58.5 Å². The lowest BCUT2D eigenvalue weighted by molar-refractivity contribution is -0.133.